The number of rotatable bonds is 1. The quantitative estimate of drug-likeness (QED) is 0.669. The Labute approximate surface area is 78.9 Å². The molecule has 0 amide bonds. The van der Waals surface area contributed by atoms with Crippen molar-refractivity contribution in [1.29, 1.82) is 0 Å². The molecule has 11 heavy (non-hydrogen) atoms. The van der Waals surface area contributed by atoms with Crippen molar-refractivity contribution in [2.75, 3.05) is 0 Å². The zero-order valence-electron chi connectivity index (χ0n) is 6.83. The average Bonchev–Trinajstić information content (AvgIpc) is 2.12. The van der Waals surface area contributed by atoms with Crippen LogP contribution >= 0.6 is 0 Å². The van der Waals surface area contributed by atoms with Crippen molar-refractivity contribution in [3.8, 4) is 0 Å². The monoisotopic (exact) mass is 242 g/mol. The molecule has 1 heterocycles. The van der Waals surface area contributed by atoms with Gasteiger partial charge in [-0.1, -0.05) is 20.8 Å². The molecule has 0 spiro atoms. The second-order valence-electron chi connectivity index (χ2n) is 3.53. The standard InChI is InChI=1S/C6H11N4.Rh/c1-6(2,3)4-5-7-9-10-8-5;/h4H2,1-3H3;/q-1;. The molecule has 5 heteroatoms. The van der Waals surface area contributed by atoms with Gasteiger partial charge < -0.3 is 5.10 Å². The molecule has 0 N–H and O–H groups in total. The SMILES string of the molecule is CC(C)(C)Cc1nn[n-]n1.[Rh]. The van der Waals surface area contributed by atoms with Crippen LogP contribution < -0.4 is 5.21 Å². The molecule has 0 aliphatic heterocycles. The Hall–Kier alpha value is -0.307. The smallest absolute Gasteiger partial charge is 0.0430 e. The zero-order valence-corrected chi connectivity index (χ0v) is 8.47. The summed E-state index contributed by atoms with van der Waals surface area (Å²) in [6.07, 6.45) is 0.833. The number of aromatic nitrogens is 4. The van der Waals surface area contributed by atoms with Crippen molar-refractivity contribution in [3.63, 3.8) is 0 Å². The van der Waals surface area contributed by atoms with E-state index in [1.165, 1.54) is 0 Å². The third kappa shape index (κ3) is 4.20. The summed E-state index contributed by atoms with van der Waals surface area (Å²) in [6.45, 7) is 6.38. The maximum Gasteiger partial charge on any atom is 0.0430 e. The van der Waals surface area contributed by atoms with Crippen LogP contribution in [0.3, 0.4) is 0 Å². The minimum atomic E-state index is 0. The fourth-order valence-electron chi connectivity index (χ4n) is 0.708. The first-order valence-electron chi connectivity index (χ1n) is 3.25. The van der Waals surface area contributed by atoms with E-state index in [2.05, 4.69) is 41.4 Å². The Kier molecular flexibility index (Phi) is 3.80. The molecule has 1 radical (unpaired) electrons. The summed E-state index contributed by atoms with van der Waals surface area (Å²) in [7, 11) is 0. The summed E-state index contributed by atoms with van der Waals surface area (Å²) in [5.74, 6) is 0.729. The van der Waals surface area contributed by atoms with Gasteiger partial charge in [0.2, 0.25) is 0 Å². The first-order chi connectivity index (χ1) is 4.58. The molecule has 0 aromatic carbocycles. The van der Waals surface area contributed by atoms with Crippen LogP contribution in [-0.4, -0.2) is 15.4 Å². The van der Waals surface area contributed by atoms with E-state index >= 15 is 0 Å². The van der Waals surface area contributed by atoms with Gasteiger partial charge in [0.05, 0.1) is 0 Å². The number of tetrazole rings is 1. The number of nitrogens with zero attached hydrogens (tertiary/aromatic N) is 4. The Balaban J connectivity index is 0.000001000. The van der Waals surface area contributed by atoms with E-state index in [1.807, 2.05) is 0 Å². The van der Waals surface area contributed by atoms with Gasteiger partial charge in [0.15, 0.2) is 0 Å². The summed E-state index contributed by atoms with van der Waals surface area (Å²) < 4.78 is 0. The van der Waals surface area contributed by atoms with Gasteiger partial charge in [-0.2, -0.15) is 0 Å². The van der Waals surface area contributed by atoms with E-state index in [1.54, 1.807) is 0 Å². The second kappa shape index (κ2) is 3.91. The molecule has 0 aliphatic rings. The molecule has 0 bridgehead atoms. The minimum absolute atomic E-state index is 0. The van der Waals surface area contributed by atoms with Crippen molar-refractivity contribution in [2.24, 2.45) is 5.41 Å². The molecule has 1 aromatic heterocycles. The fraction of sp³-hybridized carbons (Fsp3) is 0.833. The molecule has 1 aromatic rings. The van der Waals surface area contributed by atoms with Gasteiger partial charge in [0, 0.05) is 25.3 Å². The Morgan fingerprint density at radius 1 is 1.36 bits per heavy atom. The van der Waals surface area contributed by atoms with E-state index in [9.17, 15) is 0 Å². The van der Waals surface area contributed by atoms with Crippen LogP contribution in [0.25, 0.3) is 0 Å². The topological polar surface area (TPSA) is 52.8 Å². The molecule has 0 saturated heterocycles. The van der Waals surface area contributed by atoms with E-state index in [0.29, 0.717) is 0 Å². The van der Waals surface area contributed by atoms with Crippen LogP contribution in [0, 0.1) is 5.41 Å². The molecule has 0 fully saturated rings. The van der Waals surface area contributed by atoms with E-state index in [4.69, 9.17) is 0 Å². The van der Waals surface area contributed by atoms with Crippen LogP contribution in [-0.2, 0) is 25.9 Å². The summed E-state index contributed by atoms with van der Waals surface area (Å²) in [4.78, 5) is 0. The fourth-order valence-corrected chi connectivity index (χ4v) is 0.708. The van der Waals surface area contributed by atoms with Crippen molar-refractivity contribution in [3.05, 3.63) is 5.82 Å². The largest absolute Gasteiger partial charge is 0.335 e. The Morgan fingerprint density at radius 3 is 2.36 bits per heavy atom. The predicted molar refractivity (Wildman–Crippen MR) is 36.3 cm³/mol. The van der Waals surface area contributed by atoms with Crippen molar-refractivity contribution >= 4 is 0 Å². The molecule has 0 aliphatic carbocycles. The van der Waals surface area contributed by atoms with Gasteiger partial charge in [-0.25, -0.2) is 0 Å². The first-order valence-corrected chi connectivity index (χ1v) is 3.25. The second-order valence-corrected chi connectivity index (χ2v) is 3.53. The third-order valence-corrected chi connectivity index (χ3v) is 1.05. The summed E-state index contributed by atoms with van der Waals surface area (Å²) in [6, 6.07) is 0. The zero-order chi connectivity index (χ0) is 7.61. The van der Waals surface area contributed by atoms with Crippen LogP contribution in [0.1, 0.15) is 26.6 Å². The summed E-state index contributed by atoms with van der Waals surface area (Å²) >= 11 is 0. The van der Waals surface area contributed by atoms with Crippen LogP contribution in [0.2, 0.25) is 0 Å². The van der Waals surface area contributed by atoms with Gasteiger partial charge in [0.1, 0.15) is 0 Å². The molecule has 1 rings (SSSR count). The van der Waals surface area contributed by atoms with E-state index < -0.39 is 0 Å². The Bertz CT molecular complexity index is 189. The normalized spacial score (nSPS) is 10.8. The van der Waals surface area contributed by atoms with Crippen LogP contribution in [0.5, 0.6) is 0 Å². The molecule has 0 unspecified atom stereocenters. The number of hydrogen-bond acceptors (Lipinski definition) is 3. The summed E-state index contributed by atoms with van der Waals surface area (Å²) in [5, 5.41) is 14.2. The van der Waals surface area contributed by atoms with Gasteiger partial charge in [-0.3, -0.25) is 15.5 Å². The average molecular weight is 242 g/mol. The van der Waals surface area contributed by atoms with Gasteiger partial charge >= 0.3 is 0 Å². The molecule has 0 atom stereocenters. The minimum Gasteiger partial charge on any atom is -0.335 e. The number of hydrogen-bond donors (Lipinski definition) is 0. The van der Waals surface area contributed by atoms with Crippen LogP contribution in [0.4, 0.5) is 0 Å². The van der Waals surface area contributed by atoms with Gasteiger partial charge in [-0.05, 0) is 11.8 Å². The molecular weight excluding hydrogens is 231 g/mol. The summed E-state index contributed by atoms with van der Waals surface area (Å²) in [5.41, 5.74) is 0.220. The van der Waals surface area contributed by atoms with E-state index in [-0.39, 0.29) is 24.9 Å². The maximum absolute atomic E-state index is 3.73. The molecular formula is C6H11N4Rh-. The van der Waals surface area contributed by atoms with Crippen molar-refractivity contribution < 1.29 is 19.5 Å². The van der Waals surface area contributed by atoms with Crippen LogP contribution in [0.15, 0.2) is 0 Å². The van der Waals surface area contributed by atoms with Gasteiger partial charge in [-0.15, -0.1) is 0 Å². The van der Waals surface area contributed by atoms with E-state index in [0.717, 1.165) is 12.2 Å². The molecule has 0 saturated carbocycles. The molecule has 65 valence electrons. The Morgan fingerprint density at radius 2 is 2.00 bits per heavy atom. The predicted octanol–water partition coefficient (Wildman–Crippen LogP) is 0.415. The first kappa shape index (κ1) is 10.7. The third-order valence-electron chi connectivity index (χ3n) is 1.05. The van der Waals surface area contributed by atoms with Crippen molar-refractivity contribution in [2.45, 2.75) is 27.2 Å². The van der Waals surface area contributed by atoms with Crippen molar-refractivity contribution in [1.82, 2.24) is 20.6 Å². The van der Waals surface area contributed by atoms with Gasteiger partial charge in [0.25, 0.3) is 0 Å². The molecule has 4 nitrogen and oxygen atoms in total. The maximum atomic E-state index is 3.73.